The second-order valence-corrected chi connectivity index (χ2v) is 9.82. The molecule has 0 aliphatic carbocycles. The molecular formula is C24H25BrIN3O3. The highest BCUT2D eigenvalue weighted by Crippen LogP contribution is 2.31. The molecule has 1 aliphatic rings. The zero-order valence-corrected chi connectivity index (χ0v) is 21.6. The lowest BCUT2D eigenvalue weighted by atomic mass is 9.91. The highest BCUT2D eigenvalue weighted by molar-refractivity contribution is 14.1. The topological polar surface area (TPSA) is 64.4 Å². The third-order valence-corrected chi connectivity index (χ3v) is 7.63. The molecule has 0 saturated carbocycles. The summed E-state index contributed by atoms with van der Waals surface area (Å²) in [7, 11) is 0. The third-order valence-electron chi connectivity index (χ3n) is 6.17. The number of nitrogens with zero attached hydrogens (tertiary/aromatic N) is 3. The number of hydrogen-bond donors (Lipinski definition) is 0. The van der Waals surface area contributed by atoms with Gasteiger partial charge in [-0.3, -0.25) is 14.2 Å². The van der Waals surface area contributed by atoms with Crippen LogP contribution < -0.4 is 5.56 Å². The summed E-state index contributed by atoms with van der Waals surface area (Å²) in [5, 5.41) is 0.613. The van der Waals surface area contributed by atoms with Crippen molar-refractivity contribution >= 4 is 55.7 Å². The lowest BCUT2D eigenvalue weighted by molar-refractivity contribution is -0.134. The van der Waals surface area contributed by atoms with Crippen molar-refractivity contribution in [3.8, 4) is 0 Å². The van der Waals surface area contributed by atoms with E-state index in [2.05, 4.69) is 20.9 Å². The van der Waals surface area contributed by atoms with E-state index < -0.39 is 5.60 Å². The molecule has 6 nitrogen and oxygen atoms in total. The summed E-state index contributed by atoms with van der Waals surface area (Å²) in [6.45, 7) is 3.65. The van der Waals surface area contributed by atoms with Crippen LogP contribution in [0.5, 0.6) is 0 Å². The Bertz CT molecular complexity index is 1170. The van der Waals surface area contributed by atoms with Crippen LogP contribution in [-0.2, 0) is 20.8 Å². The number of rotatable bonds is 6. The SMILES string of the molecule is Cc1ccc2c(=O)n(CC3(OI)CCN(C(=O)CCc4ccc(Br)cc4)CC3)cnc2c1. The molecule has 0 bridgehead atoms. The van der Waals surface area contributed by atoms with Crippen molar-refractivity contribution in [2.45, 2.75) is 44.8 Å². The van der Waals surface area contributed by atoms with Crippen LogP contribution >= 0.6 is 38.9 Å². The van der Waals surface area contributed by atoms with Gasteiger partial charge in [0.2, 0.25) is 5.91 Å². The quantitative estimate of drug-likeness (QED) is 0.376. The largest absolute Gasteiger partial charge is 0.342 e. The average molecular weight is 610 g/mol. The number of carbonyl (C=O) groups excluding carboxylic acids is 1. The lowest BCUT2D eigenvalue weighted by Gasteiger charge is -2.40. The van der Waals surface area contributed by atoms with Crippen molar-refractivity contribution in [1.29, 1.82) is 0 Å². The standard InChI is InChI=1S/C24H25BrIN3O3/c1-17-2-8-20-21(14-17)27-16-29(23(20)31)15-24(32-26)10-12-28(13-11-24)22(30)9-5-18-3-6-19(25)7-4-18/h2-4,6-8,14,16H,5,9-13,15H2,1H3. The van der Waals surface area contributed by atoms with Crippen LogP contribution in [0.4, 0.5) is 0 Å². The van der Waals surface area contributed by atoms with Gasteiger partial charge >= 0.3 is 0 Å². The first-order valence-corrected chi connectivity index (χ1v) is 12.3. The van der Waals surface area contributed by atoms with Gasteiger partial charge in [-0.05, 0) is 61.6 Å². The first kappa shape index (κ1) is 23.4. The Morgan fingerprint density at radius 2 is 1.91 bits per heavy atom. The smallest absolute Gasteiger partial charge is 0.261 e. The number of benzene rings is 2. The van der Waals surface area contributed by atoms with Gasteiger partial charge in [0.05, 0.1) is 23.8 Å². The normalized spacial score (nSPS) is 15.8. The molecule has 4 rings (SSSR count). The number of aryl methyl sites for hydroxylation is 2. The number of carbonyl (C=O) groups is 1. The fourth-order valence-corrected chi connectivity index (χ4v) is 5.02. The van der Waals surface area contributed by atoms with Crippen LogP contribution in [0.3, 0.4) is 0 Å². The zero-order valence-electron chi connectivity index (χ0n) is 17.9. The molecule has 1 aliphatic heterocycles. The van der Waals surface area contributed by atoms with Gasteiger partial charge in [-0.15, -0.1) is 0 Å². The van der Waals surface area contributed by atoms with E-state index in [1.54, 1.807) is 10.9 Å². The summed E-state index contributed by atoms with van der Waals surface area (Å²) in [5.41, 5.74) is 2.39. The van der Waals surface area contributed by atoms with Gasteiger partial charge in [-0.2, -0.15) is 0 Å². The summed E-state index contributed by atoms with van der Waals surface area (Å²) in [4.78, 5) is 32.1. The van der Waals surface area contributed by atoms with E-state index in [4.69, 9.17) is 3.07 Å². The maximum Gasteiger partial charge on any atom is 0.261 e. The van der Waals surface area contributed by atoms with Crippen molar-refractivity contribution < 1.29 is 7.86 Å². The van der Waals surface area contributed by atoms with E-state index in [-0.39, 0.29) is 11.5 Å². The van der Waals surface area contributed by atoms with Crippen LogP contribution in [0.15, 0.2) is 58.1 Å². The Balaban J connectivity index is 1.39. The van der Waals surface area contributed by atoms with Crippen LogP contribution in [0.25, 0.3) is 10.9 Å². The molecule has 1 aromatic heterocycles. The predicted molar refractivity (Wildman–Crippen MR) is 137 cm³/mol. The molecule has 1 fully saturated rings. The summed E-state index contributed by atoms with van der Waals surface area (Å²) in [6, 6.07) is 13.8. The van der Waals surface area contributed by atoms with Gasteiger partial charge < -0.3 is 7.97 Å². The van der Waals surface area contributed by atoms with Gasteiger partial charge in [0, 0.05) is 24.0 Å². The van der Waals surface area contributed by atoms with Gasteiger partial charge in [0.25, 0.3) is 5.56 Å². The number of aromatic nitrogens is 2. The summed E-state index contributed by atoms with van der Waals surface area (Å²) >= 11 is 5.36. The molecule has 0 spiro atoms. The summed E-state index contributed by atoms with van der Waals surface area (Å²) in [6.07, 6.45) is 4.19. The van der Waals surface area contributed by atoms with Crippen molar-refractivity contribution in [2.75, 3.05) is 13.1 Å². The second-order valence-electron chi connectivity index (χ2n) is 8.47. The number of piperidine rings is 1. The van der Waals surface area contributed by atoms with E-state index >= 15 is 0 Å². The van der Waals surface area contributed by atoms with Crippen LogP contribution in [0.1, 0.15) is 30.4 Å². The van der Waals surface area contributed by atoms with Crippen molar-refractivity contribution in [2.24, 2.45) is 0 Å². The van der Waals surface area contributed by atoms with E-state index in [9.17, 15) is 9.59 Å². The Hall–Kier alpha value is -1.78. The predicted octanol–water partition coefficient (Wildman–Crippen LogP) is 4.83. The van der Waals surface area contributed by atoms with E-state index in [0.29, 0.717) is 49.8 Å². The maximum absolute atomic E-state index is 13.0. The van der Waals surface area contributed by atoms with Gasteiger partial charge in [0.1, 0.15) is 28.6 Å². The van der Waals surface area contributed by atoms with Gasteiger partial charge in [0.15, 0.2) is 0 Å². The Kier molecular flexibility index (Phi) is 7.31. The minimum Gasteiger partial charge on any atom is -0.342 e. The summed E-state index contributed by atoms with van der Waals surface area (Å²) < 4.78 is 8.55. The number of likely N-dealkylation sites (tertiary alicyclic amines) is 1. The average Bonchev–Trinajstić information content (AvgIpc) is 2.81. The fourth-order valence-electron chi connectivity index (χ4n) is 4.18. The lowest BCUT2D eigenvalue weighted by Crippen LogP contribution is -2.50. The Labute approximate surface area is 209 Å². The van der Waals surface area contributed by atoms with Crippen molar-refractivity contribution in [1.82, 2.24) is 14.5 Å². The Morgan fingerprint density at radius 1 is 1.19 bits per heavy atom. The molecule has 0 radical (unpaired) electrons. The first-order chi connectivity index (χ1) is 15.4. The number of amides is 1. The third kappa shape index (κ3) is 5.23. The molecule has 0 atom stereocenters. The molecule has 2 heterocycles. The van der Waals surface area contributed by atoms with Crippen LogP contribution in [0, 0.1) is 6.92 Å². The van der Waals surface area contributed by atoms with Crippen LogP contribution in [-0.4, -0.2) is 39.0 Å². The van der Waals surface area contributed by atoms with E-state index in [1.807, 2.05) is 77.3 Å². The second kappa shape index (κ2) is 10.0. The minimum absolute atomic E-state index is 0.0594. The molecule has 0 unspecified atom stereocenters. The zero-order chi connectivity index (χ0) is 22.7. The molecule has 2 aromatic carbocycles. The molecule has 8 heteroatoms. The molecule has 32 heavy (non-hydrogen) atoms. The van der Waals surface area contributed by atoms with Crippen LogP contribution in [0.2, 0.25) is 0 Å². The molecule has 168 valence electrons. The maximum atomic E-state index is 13.0. The molecule has 0 N–H and O–H groups in total. The highest BCUT2D eigenvalue weighted by Gasteiger charge is 2.37. The van der Waals surface area contributed by atoms with E-state index in [0.717, 1.165) is 22.0 Å². The molecular weight excluding hydrogens is 585 g/mol. The van der Waals surface area contributed by atoms with Gasteiger partial charge in [-0.1, -0.05) is 34.1 Å². The Morgan fingerprint density at radius 3 is 2.59 bits per heavy atom. The first-order valence-electron chi connectivity index (χ1n) is 10.7. The minimum atomic E-state index is -0.493. The number of fused-ring (bicyclic) bond motifs is 1. The number of hydrogen-bond acceptors (Lipinski definition) is 4. The fraction of sp³-hybridized carbons (Fsp3) is 0.375. The summed E-state index contributed by atoms with van der Waals surface area (Å²) in [5.74, 6) is 0.162. The molecule has 3 aromatic rings. The molecule has 1 amide bonds. The monoisotopic (exact) mass is 609 g/mol. The van der Waals surface area contributed by atoms with Crippen molar-refractivity contribution in [3.63, 3.8) is 0 Å². The highest BCUT2D eigenvalue weighted by atomic mass is 127. The molecule has 1 saturated heterocycles. The van der Waals surface area contributed by atoms with Gasteiger partial charge in [-0.25, -0.2) is 4.98 Å². The number of halogens is 2. The van der Waals surface area contributed by atoms with E-state index in [1.165, 1.54) is 0 Å². The van der Waals surface area contributed by atoms with Crippen molar-refractivity contribution in [3.05, 3.63) is 74.7 Å².